The molecule has 38 heavy (non-hydrogen) atoms. The number of cyclic esters (lactones) is 5. The van der Waals surface area contributed by atoms with Crippen molar-refractivity contribution in [3.05, 3.63) is 50.0 Å². The Morgan fingerprint density at radius 3 is 1.55 bits per heavy atom. The minimum Gasteiger partial charge on any atom is -0.458 e. The lowest BCUT2D eigenvalue weighted by molar-refractivity contribution is -0.151. The van der Waals surface area contributed by atoms with E-state index in [2.05, 4.69) is 33.3 Å². The highest BCUT2D eigenvalue weighted by Gasteiger charge is 2.20. The molecular formula is C28H34O10. The van der Waals surface area contributed by atoms with Gasteiger partial charge in [-0.1, -0.05) is 31.2 Å². The lowest BCUT2D eigenvalue weighted by Gasteiger charge is -2.18. The van der Waals surface area contributed by atoms with Gasteiger partial charge < -0.3 is 23.7 Å². The molecule has 3 fully saturated rings. The lowest BCUT2D eigenvalue weighted by Crippen LogP contribution is -2.20. The van der Waals surface area contributed by atoms with Gasteiger partial charge in [0.15, 0.2) is 6.10 Å². The predicted octanol–water partition coefficient (Wildman–Crippen LogP) is 3.76. The fourth-order valence-electron chi connectivity index (χ4n) is 3.02. The molecule has 0 aromatic heterocycles. The van der Waals surface area contributed by atoms with Gasteiger partial charge in [0.25, 0.3) is 0 Å². The zero-order chi connectivity index (χ0) is 28.2. The minimum atomic E-state index is -0.248. The first kappa shape index (κ1) is 31.9. The molecule has 0 radical (unpaired) electrons. The van der Waals surface area contributed by atoms with E-state index in [1.54, 1.807) is 18.2 Å². The van der Waals surface area contributed by atoms with Crippen molar-refractivity contribution >= 4 is 29.8 Å². The molecule has 5 heterocycles. The fraction of sp³-hybridized carbons (Fsp3) is 0.464. The molecule has 10 heteroatoms. The van der Waals surface area contributed by atoms with Gasteiger partial charge in [-0.25, -0.2) is 0 Å². The molecule has 0 N–H and O–H groups in total. The van der Waals surface area contributed by atoms with E-state index in [1.807, 2.05) is 6.08 Å². The van der Waals surface area contributed by atoms with Gasteiger partial charge >= 0.3 is 29.8 Å². The largest absolute Gasteiger partial charge is 0.458 e. The van der Waals surface area contributed by atoms with Crippen LogP contribution in [0.15, 0.2) is 50.0 Å². The van der Waals surface area contributed by atoms with E-state index in [4.69, 9.17) is 15.9 Å². The minimum absolute atomic E-state index is 0.0116. The highest BCUT2D eigenvalue weighted by atomic mass is 16.6. The summed E-state index contributed by atoms with van der Waals surface area (Å²) in [5.41, 5.74) is 0. The van der Waals surface area contributed by atoms with Gasteiger partial charge in [0.2, 0.25) is 0 Å². The Morgan fingerprint density at radius 1 is 0.711 bits per heavy atom. The number of allylic oxidation sites excluding steroid dienone is 1. The van der Waals surface area contributed by atoms with Crippen molar-refractivity contribution in [2.24, 2.45) is 0 Å². The first-order valence-electron chi connectivity index (χ1n) is 12.3. The second kappa shape index (κ2) is 19.0. The SMILES string of the molecule is C#CC1CCC(=O)O1.C=CC1CCC(=O)O1.C=CC1CCCC(=O)O1.O=C1CC=CO1.O=C1CCC=CO1. The van der Waals surface area contributed by atoms with E-state index in [0.717, 1.165) is 25.7 Å². The number of terminal acetylenes is 1. The maximum Gasteiger partial charge on any atom is 0.314 e. The predicted molar refractivity (Wildman–Crippen MR) is 136 cm³/mol. The number of carbonyl (C=O) groups is 5. The number of carbonyl (C=O) groups excluding carboxylic acids is 5. The summed E-state index contributed by atoms with van der Waals surface area (Å²) in [5, 5.41) is 0. The first-order valence-corrected chi connectivity index (χ1v) is 12.3. The van der Waals surface area contributed by atoms with Crippen LogP contribution in [-0.4, -0.2) is 48.2 Å². The third kappa shape index (κ3) is 15.1. The van der Waals surface area contributed by atoms with Crippen molar-refractivity contribution < 1.29 is 47.7 Å². The molecule has 0 spiro atoms. The molecule has 0 aromatic rings. The highest BCUT2D eigenvalue weighted by Crippen LogP contribution is 2.14. The molecule has 3 unspecified atom stereocenters. The number of rotatable bonds is 2. The molecular weight excluding hydrogens is 496 g/mol. The Morgan fingerprint density at radius 2 is 1.29 bits per heavy atom. The number of hydrogen-bond acceptors (Lipinski definition) is 10. The average Bonchev–Trinajstić information content (AvgIpc) is 3.68. The second-order valence-electron chi connectivity index (χ2n) is 8.11. The molecule has 0 bridgehead atoms. The van der Waals surface area contributed by atoms with E-state index in [-0.39, 0.29) is 48.2 Å². The maximum absolute atomic E-state index is 10.6. The third-order valence-corrected chi connectivity index (χ3v) is 5.06. The Kier molecular flexibility index (Phi) is 16.0. The van der Waals surface area contributed by atoms with Crippen molar-refractivity contribution in [1.29, 1.82) is 0 Å². The van der Waals surface area contributed by atoms with Crippen LogP contribution in [0, 0.1) is 12.3 Å². The Labute approximate surface area is 222 Å². The molecule has 3 atom stereocenters. The van der Waals surface area contributed by atoms with Crippen molar-refractivity contribution in [3.8, 4) is 12.3 Å². The molecule has 5 aliphatic rings. The average molecular weight is 531 g/mol. The summed E-state index contributed by atoms with van der Waals surface area (Å²) in [6, 6.07) is 0. The topological polar surface area (TPSA) is 132 Å². The van der Waals surface area contributed by atoms with E-state index in [9.17, 15) is 24.0 Å². The molecule has 3 saturated heterocycles. The smallest absolute Gasteiger partial charge is 0.314 e. The molecule has 0 aliphatic carbocycles. The van der Waals surface area contributed by atoms with E-state index in [0.29, 0.717) is 38.5 Å². The van der Waals surface area contributed by atoms with Crippen LogP contribution >= 0.6 is 0 Å². The quantitative estimate of drug-likeness (QED) is 0.225. The Bertz CT molecular complexity index is 930. The van der Waals surface area contributed by atoms with Gasteiger partial charge in [-0.3, -0.25) is 24.0 Å². The first-order chi connectivity index (χ1) is 18.3. The summed E-state index contributed by atoms with van der Waals surface area (Å²) >= 11 is 0. The molecule has 206 valence electrons. The van der Waals surface area contributed by atoms with Crippen LogP contribution in [0.3, 0.4) is 0 Å². The van der Waals surface area contributed by atoms with E-state index in [1.165, 1.54) is 12.5 Å². The zero-order valence-electron chi connectivity index (χ0n) is 21.3. The molecule has 5 aliphatic heterocycles. The summed E-state index contributed by atoms with van der Waals surface area (Å²) in [7, 11) is 0. The second-order valence-corrected chi connectivity index (χ2v) is 8.11. The molecule has 5 rings (SSSR count). The zero-order valence-corrected chi connectivity index (χ0v) is 21.3. The Balaban J connectivity index is 0.000000239. The van der Waals surface area contributed by atoms with Gasteiger partial charge in [-0.2, -0.15) is 0 Å². The van der Waals surface area contributed by atoms with Crippen LogP contribution in [0.4, 0.5) is 0 Å². The lowest BCUT2D eigenvalue weighted by atomic mass is 10.1. The highest BCUT2D eigenvalue weighted by molar-refractivity contribution is 5.74. The van der Waals surface area contributed by atoms with Crippen molar-refractivity contribution in [1.82, 2.24) is 0 Å². The van der Waals surface area contributed by atoms with Gasteiger partial charge in [0.1, 0.15) is 12.2 Å². The van der Waals surface area contributed by atoms with Gasteiger partial charge in [0, 0.05) is 25.7 Å². The summed E-state index contributed by atoms with van der Waals surface area (Å²) in [4.78, 5) is 51.3. The standard InChI is InChI=1S/C7H10O2.C6H8O2.C6H6O2.C5H6O2.C4H4O2/c1-2-6-4-3-5-7(8)9-6;2*1-2-5-3-4-6(7)8-5;6-5-3-1-2-4-7-5;5-4-2-1-3-6-4/h2,6H,1,3-5H2;2,5H,1,3-4H2;1,5H,3-4H2;2,4H,1,3H2;1,3H,2H2. The summed E-state index contributed by atoms with van der Waals surface area (Å²) < 4.78 is 23.1. The molecule has 10 nitrogen and oxygen atoms in total. The summed E-state index contributed by atoms with van der Waals surface area (Å²) in [5.74, 6) is 1.70. The number of hydrogen-bond donors (Lipinski definition) is 0. The molecule has 0 saturated carbocycles. The van der Waals surface area contributed by atoms with Crippen LogP contribution in [-0.2, 0) is 47.7 Å². The maximum atomic E-state index is 10.6. The van der Waals surface area contributed by atoms with Crippen LogP contribution in [0.2, 0.25) is 0 Å². The third-order valence-electron chi connectivity index (χ3n) is 5.06. The van der Waals surface area contributed by atoms with Gasteiger partial charge in [-0.15, -0.1) is 6.42 Å². The number of ether oxygens (including phenoxy) is 5. The van der Waals surface area contributed by atoms with Crippen molar-refractivity contribution in [2.75, 3.05) is 0 Å². The summed E-state index contributed by atoms with van der Waals surface area (Å²) in [6.07, 6.45) is 21.2. The number of esters is 5. The van der Waals surface area contributed by atoms with Crippen LogP contribution in [0.1, 0.15) is 64.2 Å². The Hall–Kier alpha value is -4.13. The van der Waals surface area contributed by atoms with Crippen LogP contribution < -0.4 is 0 Å². The normalized spacial score (nSPS) is 24.3. The van der Waals surface area contributed by atoms with Gasteiger partial charge in [0.05, 0.1) is 25.4 Å². The van der Waals surface area contributed by atoms with Gasteiger partial charge in [-0.05, 0) is 37.8 Å². The molecule has 0 aromatic carbocycles. The van der Waals surface area contributed by atoms with Crippen molar-refractivity contribution in [3.63, 3.8) is 0 Å². The van der Waals surface area contributed by atoms with Crippen LogP contribution in [0.25, 0.3) is 0 Å². The van der Waals surface area contributed by atoms with Crippen LogP contribution in [0.5, 0.6) is 0 Å². The van der Waals surface area contributed by atoms with Crippen molar-refractivity contribution in [2.45, 2.75) is 82.5 Å². The summed E-state index contributed by atoms with van der Waals surface area (Å²) in [6.45, 7) is 7.04. The monoisotopic (exact) mass is 530 g/mol. The fourth-order valence-corrected chi connectivity index (χ4v) is 3.02. The van der Waals surface area contributed by atoms with E-state index < -0.39 is 0 Å². The molecule has 0 amide bonds. The van der Waals surface area contributed by atoms with E-state index >= 15 is 0 Å².